The van der Waals surface area contributed by atoms with Crippen LogP contribution in [0.3, 0.4) is 0 Å². The Hall–Kier alpha value is -4.78. The van der Waals surface area contributed by atoms with Crippen LogP contribution in [0.1, 0.15) is 26.7 Å². The second-order valence-corrected chi connectivity index (χ2v) is 8.93. The van der Waals surface area contributed by atoms with Crippen LogP contribution in [0.15, 0.2) is 109 Å². The van der Waals surface area contributed by atoms with Crippen molar-refractivity contribution < 1.29 is 28.5 Å². The van der Waals surface area contributed by atoms with Gasteiger partial charge in [0.05, 0.1) is 13.2 Å². The van der Waals surface area contributed by atoms with Gasteiger partial charge in [-0.2, -0.15) is 0 Å². The number of esters is 2. The van der Waals surface area contributed by atoms with E-state index in [-0.39, 0.29) is 13.2 Å². The monoisotopic (exact) mass is 539 g/mol. The van der Waals surface area contributed by atoms with E-state index in [0.717, 1.165) is 0 Å². The quantitative estimate of drug-likeness (QED) is 0.127. The summed E-state index contributed by atoms with van der Waals surface area (Å²) in [6.45, 7) is 4.18. The predicted octanol–water partition coefficient (Wildman–Crippen LogP) is 7.68. The maximum atomic E-state index is 13.3. The molecule has 0 aliphatic carbocycles. The SMILES string of the molecule is CCCOC(=O)C(C(=O)OCCC)N(c1ccc(Oc2ccccc2)cc1)c1ccc(Oc2ccccc2)cc1. The summed E-state index contributed by atoms with van der Waals surface area (Å²) in [7, 11) is 0. The van der Waals surface area contributed by atoms with E-state index in [1.807, 2.05) is 74.5 Å². The molecule has 0 saturated heterocycles. The fourth-order valence-electron chi connectivity index (χ4n) is 3.92. The van der Waals surface area contributed by atoms with E-state index in [1.165, 1.54) is 0 Å². The van der Waals surface area contributed by atoms with Crippen molar-refractivity contribution in [1.29, 1.82) is 0 Å². The van der Waals surface area contributed by atoms with Crippen LogP contribution in [0.25, 0.3) is 0 Å². The maximum Gasteiger partial charge on any atom is 0.340 e. The highest BCUT2D eigenvalue weighted by atomic mass is 16.6. The third kappa shape index (κ3) is 7.63. The fraction of sp³-hybridized carbons (Fsp3) is 0.212. The molecule has 4 aromatic carbocycles. The number of rotatable bonds is 13. The zero-order chi connectivity index (χ0) is 28.2. The van der Waals surface area contributed by atoms with Crippen LogP contribution in [0.4, 0.5) is 11.4 Å². The molecule has 0 spiro atoms. The standard InChI is InChI=1S/C33H33NO6/c1-3-23-37-32(35)31(33(36)38-24-4-2)34(25-15-19-29(20-16-25)39-27-11-7-5-8-12-27)26-17-21-30(22-18-26)40-28-13-9-6-10-14-28/h5-22,31H,3-4,23-24H2,1-2H3. The van der Waals surface area contributed by atoms with E-state index >= 15 is 0 Å². The Kier molecular flexibility index (Phi) is 10.2. The van der Waals surface area contributed by atoms with E-state index in [4.69, 9.17) is 18.9 Å². The van der Waals surface area contributed by atoms with Crippen molar-refractivity contribution in [2.24, 2.45) is 0 Å². The molecule has 0 aromatic heterocycles. The summed E-state index contributed by atoms with van der Waals surface area (Å²) in [5, 5.41) is 0. The first-order valence-corrected chi connectivity index (χ1v) is 13.4. The summed E-state index contributed by atoms with van der Waals surface area (Å²) >= 11 is 0. The van der Waals surface area contributed by atoms with E-state index in [0.29, 0.717) is 47.2 Å². The second kappa shape index (κ2) is 14.4. The van der Waals surface area contributed by atoms with Crippen molar-refractivity contribution in [1.82, 2.24) is 0 Å². The predicted molar refractivity (Wildman–Crippen MR) is 154 cm³/mol. The first kappa shape index (κ1) is 28.2. The molecule has 7 heteroatoms. The normalized spacial score (nSPS) is 10.6. The summed E-state index contributed by atoms with van der Waals surface area (Å²) in [4.78, 5) is 28.2. The third-order valence-corrected chi connectivity index (χ3v) is 5.79. The summed E-state index contributed by atoms with van der Waals surface area (Å²) in [6.07, 6.45) is 1.25. The molecule has 0 saturated carbocycles. The van der Waals surface area contributed by atoms with Gasteiger partial charge in [-0.15, -0.1) is 0 Å². The van der Waals surface area contributed by atoms with Gasteiger partial charge < -0.3 is 23.8 Å². The number of carbonyl (C=O) groups excluding carboxylic acids is 2. The van der Waals surface area contributed by atoms with Crippen LogP contribution < -0.4 is 14.4 Å². The van der Waals surface area contributed by atoms with E-state index in [9.17, 15) is 9.59 Å². The molecule has 0 aliphatic heterocycles. The van der Waals surface area contributed by atoms with Crippen molar-refractivity contribution in [2.75, 3.05) is 18.1 Å². The summed E-state index contributed by atoms with van der Waals surface area (Å²) < 4.78 is 22.8. The third-order valence-electron chi connectivity index (χ3n) is 5.79. The molecule has 0 fully saturated rings. The molecule has 0 unspecified atom stereocenters. The van der Waals surface area contributed by atoms with Crippen molar-refractivity contribution in [2.45, 2.75) is 32.7 Å². The Morgan fingerprint density at radius 2 is 0.900 bits per heavy atom. The van der Waals surface area contributed by atoms with Gasteiger partial charge in [0.2, 0.25) is 6.04 Å². The summed E-state index contributed by atoms with van der Waals surface area (Å²) in [6, 6.07) is 31.8. The largest absolute Gasteiger partial charge is 0.464 e. The van der Waals surface area contributed by atoms with Gasteiger partial charge in [0.1, 0.15) is 23.0 Å². The molecule has 7 nitrogen and oxygen atoms in total. The van der Waals surface area contributed by atoms with Gasteiger partial charge in [-0.05, 0) is 85.6 Å². The zero-order valence-electron chi connectivity index (χ0n) is 22.7. The van der Waals surface area contributed by atoms with E-state index in [1.54, 1.807) is 53.4 Å². The van der Waals surface area contributed by atoms with Crippen LogP contribution in [-0.2, 0) is 19.1 Å². The number of carbonyl (C=O) groups is 2. The molecule has 0 bridgehead atoms. The number of hydrogen-bond donors (Lipinski definition) is 0. The van der Waals surface area contributed by atoms with Crippen LogP contribution in [-0.4, -0.2) is 31.2 Å². The smallest absolute Gasteiger partial charge is 0.340 e. The number of para-hydroxylation sites is 2. The molecule has 0 radical (unpaired) electrons. The Balaban J connectivity index is 1.69. The van der Waals surface area contributed by atoms with Crippen molar-refractivity contribution in [3.63, 3.8) is 0 Å². The number of benzene rings is 4. The topological polar surface area (TPSA) is 74.3 Å². The number of anilines is 2. The van der Waals surface area contributed by atoms with Crippen molar-refractivity contribution >= 4 is 23.3 Å². The molecular formula is C33H33NO6. The number of hydrogen-bond acceptors (Lipinski definition) is 7. The second-order valence-electron chi connectivity index (χ2n) is 8.93. The van der Waals surface area contributed by atoms with Crippen LogP contribution >= 0.6 is 0 Å². The molecule has 0 heterocycles. The van der Waals surface area contributed by atoms with Gasteiger partial charge in [-0.3, -0.25) is 0 Å². The molecule has 0 aliphatic rings. The van der Waals surface area contributed by atoms with Crippen molar-refractivity contribution in [3.8, 4) is 23.0 Å². The lowest BCUT2D eigenvalue weighted by Crippen LogP contribution is -2.46. The molecule has 40 heavy (non-hydrogen) atoms. The molecule has 206 valence electrons. The Morgan fingerprint density at radius 3 is 1.25 bits per heavy atom. The zero-order valence-corrected chi connectivity index (χ0v) is 22.7. The minimum absolute atomic E-state index is 0.192. The summed E-state index contributed by atoms with van der Waals surface area (Å²) in [5.74, 6) is 1.25. The summed E-state index contributed by atoms with van der Waals surface area (Å²) in [5.41, 5.74) is 1.17. The Morgan fingerprint density at radius 1 is 0.550 bits per heavy atom. The van der Waals surface area contributed by atoms with Gasteiger partial charge in [0, 0.05) is 11.4 Å². The Labute approximate surface area is 234 Å². The Bertz CT molecular complexity index is 1240. The lowest BCUT2D eigenvalue weighted by Gasteiger charge is -2.31. The highest BCUT2D eigenvalue weighted by molar-refractivity contribution is 6.04. The number of ether oxygens (including phenoxy) is 4. The first-order valence-electron chi connectivity index (χ1n) is 13.4. The molecule has 0 N–H and O–H groups in total. The molecular weight excluding hydrogens is 506 g/mol. The van der Waals surface area contributed by atoms with Gasteiger partial charge in [0.15, 0.2) is 0 Å². The lowest BCUT2D eigenvalue weighted by atomic mass is 10.1. The van der Waals surface area contributed by atoms with Gasteiger partial charge >= 0.3 is 11.9 Å². The van der Waals surface area contributed by atoms with Gasteiger partial charge in [0.25, 0.3) is 0 Å². The molecule has 4 rings (SSSR count). The number of nitrogens with zero attached hydrogens (tertiary/aromatic N) is 1. The minimum atomic E-state index is -1.35. The van der Waals surface area contributed by atoms with Gasteiger partial charge in [-0.1, -0.05) is 50.2 Å². The minimum Gasteiger partial charge on any atom is -0.464 e. The lowest BCUT2D eigenvalue weighted by molar-refractivity contribution is -0.156. The molecule has 4 aromatic rings. The van der Waals surface area contributed by atoms with Crippen LogP contribution in [0, 0.1) is 0 Å². The molecule has 0 atom stereocenters. The van der Waals surface area contributed by atoms with Gasteiger partial charge in [-0.25, -0.2) is 9.59 Å². The molecule has 0 amide bonds. The van der Waals surface area contributed by atoms with Crippen molar-refractivity contribution in [3.05, 3.63) is 109 Å². The van der Waals surface area contributed by atoms with E-state index < -0.39 is 18.0 Å². The first-order chi connectivity index (χ1) is 19.6. The fourth-order valence-corrected chi connectivity index (χ4v) is 3.92. The maximum absolute atomic E-state index is 13.3. The van der Waals surface area contributed by atoms with E-state index in [2.05, 4.69) is 0 Å². The average molecular weight is 540 g/mol. The average Bonchev–Trinajstić information content (AvgIpc) is 2.99. The van der Waals surface area contributed by atoms with Crippen LogP contribution in [0.5, 0.6) is 23.0 Å². The highest BCUT2D eigenvalue weighted by Gasteiger charge is 2.37. The van der Waals surface area contributed by atoms with Crippen LogP contribution in [0.2, 0.25) is 0 Å². The highest BCUT2D eigenvalue weighted by Crippen LogP contribution is 2.33.